The summed E-state index contributed by atoms with van der Waals surface area (Å²) in [6.07, 6.45) is 10.4. The van der Waals surface area contributed by atoms with Crippen LogP contribution in [0.4, 0.5) is 0 Å². The molecule has 26 heavy (non-hydrogen) atoms. The number of hydrogen-bond acceptors (Lipinski definition) is 2. The summed E-state index contributed by atoms with van der Waals surface area (Å²) in [5.74, 6) is -0.397. The first-order chi connectivity index (χ1) is 12.6. The summed E-state index contributed by atoms with van der Waals surface area (Å²) < 4.78 is 5.88. The highest BCUT2D eigenvalue weighted by atomic mass is 16.5. The molecule has 0 aromatic heterocycles. The second-order valence-electron chi connectivity index (χ2n) is 7.15. The Hall–Kier alpha value is -2.03. The predicted octanol–water partition coefficient (Wildman–Crippen LogP) is 6.55. The fourth-order valence-electron chi connectivity index (χ4n) is 3.17. The van der Waals surface area contributed by atoms with Crippen LogP contribution in [0.15, 0.2) is 36.4 Å². The van der Waals surface area contributed by atoms with E-state index in [1.165, 1.54) is 44.9 Å². The van der Waals surface area contributed by atoms with Crippen LogP contribution in [-0.4, -0.2) is 17.7 Å². The van der Waals surface area contributed by atoms with Gasteiger partial charge in [0.25, 0.3) is 0 Å². The maximum atomic E-state index is 11.1. The first kappa shape index (κ1) is 20.3. The van der Waals surface area contributed by atoms with E-state index in [-0.39, 0.29) is 0 Å². The van der Waals surface area contributed by atoms with Crippen LogP contribution in [0.3, 0.4) is 0 Å². The Morgan fingerprint density at radius 2 is 1.54 bits per heavy atom. The van der Waals surface area contributed by atoms with Gasteiger partial charge < -0.3 is 9.84 Å². The van der Waals surface area contributed by atoms with Gasteiger partial charge in [0.2, 0.25) is 0 Å². The van der Waals surface area contributed by atoms with Gasteiger partial charge in [-0.05, 0) is 41.8 Å². The standard InChI is InChI=1S/C23H32O3/c1-3-4-5-6-7-8-9-10-15-26-22-14-13-20-16-19(18(2)23(24)25)11-12-21(20)17-22/h11-14,16-18H,3-10,15H2,1-2H3,(H,24,25)/t18-/m0/s1. The summed E-state index contributed by atoms with van der Waals surface area (Å²) in [7, 11) is 0. The Balaban J connectivity index is 1.77. The van der Waals surface area contributed by atoms with Gasteiger partial charge in [0.15, 0.2) is 0 Å². The van der Waals surface area contributed by atoms with Crippen molar-refractivity contribution in [2.75, 3.05) is 6.61 Å². The number of rotatable bonds is 12. The fourth-order valence-corrected chi connectivity index (χ4v) is 3.17. The second kappa shape index (κ2) is 10.8. The van der Waals surface area contributed by atoms with E-state index in [1.54, 1.807) is 6.92 Å². The Morgan fingerprint density at radius 3 is 2.23 bits per heavy atom. The number of carboxylic acid groups (broad SMARTS) is 1. The topological polar surface area (TPSA) is 46.5 Å². The molecule has 2 rings (SSSR count). The molecule has 2 aromatic carbocycles. The van der Waals surface area contributed by atoms with Crippen molar-refractivity contribution in [2.45, 2.75) is 71.1 Å². The Bertz CT molecular complexity index is 693. The summed E-state index contributed by atoms with van der Waals surface area (Å²) >= 11 is 0. The van der Waals surface area contributed by atoms with Crippen LogP contribution < -0.4 is 4.74 Å². The van der Waals surface area contributed by atoms with Crippen molar-refractivity contribution in [1.29, 1.82) is 0 Å². The van der Waals surface area contributed by atoms with Crippen molar-refractivity contribution >= 4 is 16.7 Å². The van der Waals surface area contributed by atoms with Gasteiger partial charge in [-0.15, -0.1) is 0 Å². The van der Waals surface area contributed by atoms with E-state index >= 15 is 0 Å². The number of ether oxygens (including phenoxy) is 1. The minimum Gasteiger partial charge on any atom is -0.494 e. The number of carboxylic acids is 1. The van der Waals surface area contributed by atoms with Crippen LogP contribution >= 0.6 is 0 Å². The molecule has 0 saturated heterocycles. The molecule has 3 nitrogen and oxygen atoms in total. The highest BCUT2D eigenvalue weighted by molar-refractivity contribution is 5.86. The smallest absolute Gasteiger partial charge is 0.310 e. The van der Waals surface area contributed by atoms with Gasteiger partial charge in [-0.1, -0.05) is 76.1 Å². The number of unbranched alkanes of at least 4 members (excludes halogenated alkanes) is 7. The van der Waals surface area contributed by atoms with Crippen molar-refractivity contribution in [3.8, 4) is 5.75 Å². The average Bonchev–Trinajstić information content (AvgIpc) is 2.65. The van der Waals surface area contributed by atoms with Crippen molar-refractivity contribution in [2.24, 2.45) is 0 Å². The lowest BCUT2D eigenvalue weighted by atomic mass is 9.98. The molecule has 0 unspecified atom stereocenters. The summed E-state index contributed by atoms with van der Waals surface area (Å²) in [5.41, 5.74) is 0.831. The molecule has 0 bridgehead atoms. The van der Waals surface area contributed by atoms with E-state index in [0.717, 1.165) is 35.1 Å². The van der Waals surface area contributed by atoms with E-state index in [9.17, 15) is 4.79 Å². The molecule has 0 fully saturated rings. The normalized spacial score (nSPS) is 12.2. The highest BCUT2D eigenvalue weighted by Crippen LogP contribution is 2.25. The zero-order valence-corrected chi connectivity index (χ0v) is 16.2. The molecule has 1 atom stereocenters. The molecule has 0 radical (unpaired) electrons. The van der Waals surface area contributed by atoms with Crippen LogP contribution in [0.25, 0.3) is 10.8 Å². The lowest BCUT2D eigenvalue weighted by molar-refractivity contribution is -0.138. The molecule has 0 saturated carbocycles. The number of aliphatic carboxylic acids is 1. The molecule has 0 aliphatic heterocycles. The minimum absolute atomic E-state index is 0.489. The lowest BCUT2D eigenvalue weighted by Gasteiger charge is -2.10. The summed E-state index contributed by atoms with van der Waals surface area (Å²) in [5, 5.41) is 11.3. The first-order valence-electron chi connectivity index (χ1n) is 10.0. The van der Waals surface area contributed by atoms with E-state index < -0.39 is 11.9 Å². The van der Waals surface area contributed by atoms with E-state index in [1.807, 2.05) is 36.4 Å². The van der Waals surface area contributed by atoms with Crippen LogP contribution in [0.5, 0.6) is 5.75 Å². The second-order valence-corrected chi connectivity index (χ2v) is 7.15. The number of hydrogen-bond donors (Lipinski definition) is 1. The highest BCUT2D eigenvalue weighted by Gasteiger charge is 2.13. The third-order valence-electron chi connectivity index (χ3n) is 4.97. The Kier molecular flexibility index (Phi) is 8.46. The molecule has 0 aliphatic carbocycles. The molecular formula is C23H32O3. The molecule has 0 amide bonds. The molecule has 1 N–H and O–H groups in total. The van der Waals surface area contributed by atoms with Gasteiger partial charge in [0.05, 0.1) is 12.5 Å². The molecule has 0 spiro atoms. The summed E-state index contributed by atoms with van der Waals surface area (Å²) in [6, 6.07) is 11.8. The van der Waals surface area contributed by atoms with Crippen molar-refractivity contribution in [3.63, 3.8) is 0 Å². The van der Waals surface area contributed by atoms with E-state index in [4.69, 9.17) is 9.84 Å². The Labute approximate surface area is 157 Å². The minimum atomic E-state index is -0.797. The van der Waals surface area contributed by atoms with Gasteiger partial charge in [-0.25, -0.2) is 0 Å². The zero-order chi connectivity index (χ0) is 18.8. The van der Waals surface area contributed by atoms with Gasteiger partial charge in [0, 0.05) is 0 Å². The fraction of sp³-hybridized carbons (Fsp3) is 0.522. The maximum absolute atomic E-state index is 11.1. The predicted molar refractivity (Wildman–Crippen MR) is 108 cm³/mol. The SMILES string of the molecule is CCCCCCCCCCOc1ccc2cc([C@H](C)C(=O)O)ccc2c1. The van der Waals surface area contributed by atoms with Gasteiger partial charge in [-0.2, -0.15) is 0 Å². The number of benzene rings is 2. The largest absolute Gasteiger partial charge is 0.494 e. The molecule has 0 heterocycles. The van der Waals surface area contributed by atoms with Gasteiger partial charge in [0.1, 0.15) is 5.75 Å². The third-order valence-corrected chi connectivity index (χ3v) is 4.97. The van der Waals surface area contributed by atoms with Crippen molar-refractivity contribution < 1.29 is 14.6 Å². The van der Waals surface area contributed by atoms with Crippen molar-refractivity contribution in [1.82, 2.24) is 0 Å². The van der Waals surface area contributed by atoms with Crippen molar-refractivity contribution in [3.05, 3.63) is 42.0 Å². The van der Waals surface area contributed by atoms with Gasteiger partial charge in [-0.3, -0.25) is 4.79 Å². The lowest BCUT2D eigenvalue weighted by Crippen LogP contribution is -2.07. The van der Waals surface area contributed by atoms with E-state index in [0.29, 0.717) is 0 Å². The van der Waals surface area contributed by atoms with Crippen LogP contribution in [0, 0.1) is 0 Å². The molecule has 2 aromatic rings. The van der Waals surface area contributed by atoms with Gasteiger partial charge >= 0.3 is 5.97 Å². The first-order valence-corrected chi connectivity index (χ1v) is 10.0. The summed E-state index contributed by atoms with van der Waals surface area (Å²) in [6.45, 7) is 4.72. The van der Waals surface area contributed by atoms with E-state index in [2.05, 4.69) is 6.92 Å². The van der Waals surface area contributed by atoms with Crippen LogP contribution in [-0.2, 0) is 4.79 Å². The zero-order valence-electron chi connectivity index (χ0n) is 16.2. The van der Waals surface area contributed by atoms with Crippen LogP contribution in [0.2, 0.25) is 0 Å². The van der Waals surface area contributed by atoms with Crippen LogP contribution in [0.1, 0.15) is 76.7 Å². The maximum Gasteiger partial charge on any atom is 0.310 e. The molecule has 142 valence electrons. The molecular weight excluding hydrogens is 324 g/mol. The number of carbonyl (C=O) groups is 1. The molecule has 3 heteroatoms. The molecule has 0 aliphatic rings. The Morgan fingerprint density at radius 1 is 0.923 bits per heavy atom. The summed E-state index contributed by atoms with van der Waals surface area (Å²) in [4.78, 5) is 11.1. The monoisotopic (exact) mass is 356 g/mol. The number of fused-ring (bicyclic) bond motifs is 1. The quantitative estimate of drug-likeness (QED) is 0.439. The third kappa shape index (κ3) is 6.36. The average molecular weight is 357 g/mol.